The Kier molecular flexibility index (Phi) is 5.78. The van der Waals surface area contributed by atoms with E-state index in [4.69, 9.17) is 16.3 Å². The van der Waals surface area contributed by atoms with E-state index in [9.17, 15) is 13.2 Å². The first-order valence-corrected chi connectivity index (χ1v) is 9.95. The van der Waals surface area contributed by atoms with Gasteiger partial charge in [0.25, 0.3) is 0 Å². The van der Waals surface area contributed by atoms with Gasteiger partial charge in [0, 0.05) is 10.5 Å². The van der Waals surface area contributed by atoms with Crippen LogP contribution in [0.25, 0.3) is 11.1 Å². The fourth-order valence-corrected chi connectivity index (χ4v) is 3.73. The highest BCUT2D eigenvalue weighted by Crippen LogP contribution is 2.51. The van der Waals surface area contributed by atoms with Gasteiger partial charge < -0.3 is 4.74 Å². The van der Waals surface area contributed by atoms with Crippen molar-refractivity contribution in [2.24, 2.45) is 5.92 Å². The molecule has 1 fully saturated rings. The zero-order valence-electron chi connectivity index (χ0n) is 14.4. The monoisotopic (exact) mass is 399 g/mol. The Morgan fingerprint density at radius 3 is 2.38 bits per heavy atom. The number of benzene rings is 2. The highest BCUT2D eigenvalue weighted by Gasteiger charge is 2.38. The lowest BCUT2D eigenvalue weighted by molar-refractivity contribution is -0.153. The molecule has 139 valence electrons. The first kappa shape index (κ1) is 19.4. The maximum absolute atomic E-state index is 12.6. The molecule has 2 unspecified atom stereocenters. The highest BCUT2D eigenvalue weighted by molar-refractivity contribution is 7.98. The van der Waals surface area contributed by atoms with Crippen molar-refractivity contribution in [1.29, 1.82) is 0 Å². The third-order valence-corrected chi connectivity index (χ3v) is 5.50. The summed E-state index contributed by atoms with van der Waals surface area (Å²) < 4.78 is 43.0. The van der Waals surface area contributed by atoms with E-state index in [0.29, 0.717) is 17.4 Å². The normalized spacial score (nSPS) is 19.5. The summed E-state index contributed by atoms with van der Waals surface area (Å²) >= 11 is 7.93. The third-order valence-electron chi connectivity index (χ3n) is 4.48. The van der Waals surface area contributed by atoms with Gasteiger partial charge in [0.2, 0.25) is 0 Å². The summed E-state index contributed by atoms with van der Waals surface area (Å²) in [6.07, 6.45) is 0.812. The quantitative estimate of drug-likeness (QED) is 0.484. The largest absolute Gasteiger partial charge is 0.482 e. The second-order valence-electron chi connectivity index (χ2n) is 6.30. The lowest BCUT2D eigenvalue weighted by atomic mass is 9.99. The maximum atomic E-state index is 12.6. The summed E-state index contributed by atoms with van der Waals surface area (Å²) in [4.78, 5) is 1.08. The van der Waals surface area contributed by atoms with Crippen LogP contribution in [0.4, 0.5) is 13.2 Å². The Morgan fingerprint density at radius 1 is 1.15 bits per heavy atom. The average Bonchev–Trinajstić information content (AvgIpc) is 3.39. The number of hydrogen-bond donors (Lipinski definition) is 0. The molecule has 26 heavy (non-hydrogen) atoms. The lowest BCUT2D eigenvalue weighted by Crippen LogP contribution is -2.19. The number of rotatable bonds is 6. The van der Waals surface area contributed by atoms with Gasteiger partial charge in [0.15, 0.2) is 6.61 Å². The number of thioether (sulfide) groups is 1. The smallest absolute Gasteiger partial charge is 0.422 e. The molecule has 0 heterocycles. The molecule has 0 N–H and O–H groups in total. The van der Waals surface area contributed by atoms with Crippen molar-refractivity contribution in [1.82, 2.24) is 0 Å². The van der Waals surface area contributed by atoms with Gasteiger partial charge in [-0.3, -0.25) is 0 Å². The van der Waals surface area contributed by atoms with Crippen LogP contribution in [0.1, 0.15) is 24.8 Å². The number of halogens is 4. The van der Waals surface area contributed by atoms with Crippen LogP contribution in [0.5, 0.6) is 5.75 Å². The Morgan fingerprint density at radius 2 is 1.85 bits per heavy atom. The minimum Gasteiger partial charge on any atom is -0.482 e. The summed E-state index contributed by atoms with van der Waals surface area (Å²) in [7, 11) is 0. The Balaban J connectivity index is 2.01. The van der Waals surface area contributed by atoms with Crippen molar-refractivity contribution in [3.63, 3.8) is 0 Å². The molecule has 0 saturated heterocycles. The number of ether oxygens (including phenoxy) is 1. The van der Waals surface area contributed by atoms with Gasteiger partial charge in [0.1, 0.15) is 5.75 Å². The van der Waals surface area contributed by atoms with Gasteiger partial charge in [0.05, 0.1) is 5.02 Å². The first-order chi connectivity index (χ1) is 12.3. The fourth-order valence-electron chi connectivity index (χ4n) is 3.04. The molecule has 2 aromatic carbocycles. The summed E-state index contributed by atoms with van der Waals surface area (Å²) in [5, 5.41) is 0.214. The van der Waals surface area contributed by atoms with Gasteiger partial charge >= 0.3 is 6.18 Å². The van der Waals surface area contributed by atoms with Crippen LogP contribution in [-0.2, 0) is 0 Å². The number of hydrogen-bond acceptors (Lipinski definition) is 2. The minimum atomic E-state index is -4.42. The van der Waals surface area contributed by atoms with Gasteiger partial charge in [-0.05, 0) is 59.9 Å². The van der Waals surface area contributed by atoms with Gasteiger partial charge in [-0.15, -0.1) is 11.8 Å². The summed E-state index contributed by atoms with van der Waals surface area (Å²) in [5.74, 6) is 0.886. The molecular weight excluding hydrogens is 381 g/mol. The van der Waals surface area contributed by atoms with Crippen molar-refractivity contribution < 1.29 is 17.9 Å². The van der Waals surface area contributed by atoms with Crippen molar-refractivity contribution >= 4 is 23.4 Å². The standard InChI is InChI=1S/C20H19ClF3OS/c1-3-12-8-16(12)14-9-17(13-4-6-15(26-2)7-5-13)19(18(21)10-14)25-11-20(22,23)24/h4-10,12,16H,3,11H2,1-2H3. The van der Waals surface area contributed by atoms with Crippen molar-refractivity contribution in [3.05, 3.63) is 53.4 Å². The van der Waals surface area contributed by atoms with Gasteiger partial charge in [-0.1, -0.05) is 37.1 Å². The second-order valence-corrected chi connectivity index (χ2v) is 7.59. The van der Waals surface area contributed by atoms with Crippen molar-refractivity contribution in [2.75, 3.05) is 12.9 Å². The van der Waals surface area contributed by atoms with E-state index < -0.39 is 12.8 Å². The molecule has 0 bridgehead atoms. The molecule has 0 amide bonds. The fraction of sp³-hybridized carbons (Fsp3) is 0.350. The molecule has 6 heteroatoms. The van der Waals surface area contributed by atoms with Gasteiger partial charge in [-0.2, -0.15) is 13.2 Å². The van der Waals surface area contributed by atoms with Crippen LogP contribution in [-0.4, -0.2) is 19.0 Å². The Bertz CT molecular complexity index is 774. The lowest BCUT2D eigenvalue weighted by Gasteiger charge is -2.17. The second kappa shape index (κ2) is 7.73. The molecule has 3 rings (SSSR count). The molecule has 0 aromatic heterocycles. The van der Waals surface area contributed by atoms with Crippen molar-refractivity contribution in [3.8, 4) is 16.9 Å². The average molecular weight is 400 g/mol. The van der Waals surface area contributed by atoms with E-state index in [1.165, 1.54) is 0 Å². The third kappa shape index (κ3) is 4.49. The predicted octanol–water partition coefficient (Wildman–Crippen LogP) is 7.00. The van der Waals surface area contributed by atoms with Crippen molar-refractivity contribution in [2.45, 2.75) is 30.3 Å². The van der Waals surface area contributed by atoms with Crippen LogP contribution in [0, 0.1) is 12.3 Å². The molecule has 2 atom stereocenters. The molecule has 0 spiro atoms. The van der Waals surface area contributed by atoms with E-state index in [1.54, 1.807) is 17.8 Å². The number of alkyl halides is 3. The zero-order valence-corrected chi connectivity index (χ0v) is 16.0. The summed E-state index contributed by atoms with van der Waals surface area (Å²) in [6, 6.07) is 11.3. The molecular formula is C20H19ClF3OS. The predicted molar refractivity (Wildman–Crippen MR) is 101 cm³/mol. The minimum absolute atomic E-state index is 0.0818. The van der Waals surface area contributed by atoms with E-state index in [-0.39, 0.29) is 10.8 Å². The van der Waals surface area contributed by atoms with E-state index in [0.717, 1.165) is 22.4 Å². The van der Waals surface area contributed by atoms with E-state index in [2.05, 4.69) is 13.3 Å². The van der Waals surface area contributed by atoms with Crippen LogP contribution in [0.3, 0.4) is 0 Å². The molecule has 2 aromatic rings. The summed E-state index contributed by atoms with van der Waals surface area (Å²) in [6.45, 7) is 0.751. The van der Waals surface area contributed by atoms with E-state index in [1.807, 2.05) is 36.6 Å². The molecule has 1 aliphatic carbocycles. The first-order valence-electron chi connectivity index (χ1n) is 8.34. The maximum Gasteiger partial charge on any atom is 0.422 e. The molecule has 1 radical (unpaired) electrons. The van der Waals surface area contributed by atoms with Gasteiger partial charge in [-0.25, -0.2) is 0 Å². The highest BCUT2D eigenvalue weighted by atomic mass is 35.5. The van der Waals surface area contributed by atoms with E-state index >= 15 is 0 Å². The molecule has 1 saturated carbocycles. The van der Waals surface area contributed by atoms with Crippen LogP contribution in [0.15, 0.2) is 41.3 Å². The zero-order chi connectivity index (χ0) is 18.9. The Labute approximate surface area is 160 Å². The molecule has 1 nitrogen and oxygen atoms in total. The molecule has 1 aliphatic rings. The summed E-state index contributed by atoms with van der Waals surface area (Å²) in [5.41, 5.74) is 2.40. The van der Waals surface area contributed by atoms with Crippen LogP contribution < -0.4 is 4.74 Å². The van der Waals surface area contributed by atoms with Crippen LogP contribution in [0.2, 0.25) is 5.02 Å². The SMILES string of the molecule is CCC1[CH]C1c1cc(Cl)c(OCC(F)(F)F)c(-c2ccc(SC)cc2)c1. The topological polar surface area (TPSA) is 9.23 Å². The Hall–Kier alpha value is -1.33. The van der Waals surface area contributed by atoms with Crippen LogP contribution >= 0.6 is 23.4 Å². The molecule has 0 aliphatic heterocycles.